The van der Waals surface area contributed by atoms with E-state index in [2.05, 4.69) is 29.1 Å². The number of pyridine rings is 1. The Morgan fingerprint density at radius 2 is 1.90 bits per heavy atom. The smallest absolute Gasteiger partial charge is 0.251 e. The van der Waals surface area contributed by atoms with Crippen molar-refractivity contribution in [1.29, 1.82) is 0 Å². The molecular formula is C24H26N4O2. The second kappa shape index (κ2) is 8.32. The van der Waals surface area contributed by atoms with Crippen LogP contribution in [0.3, 0.4) is 0 Å². The van der Waals surface area contributed by atoms with Gasteiger partial charge >= 0.3 is 0 Å². The number of carbonyl (C=O) groups excluding carboxylic acids is 1. The number of carbonyl (C=O) groups is 1. The molecule has 6 heteroatoms. The predicted octanol–water partition coefficient (Wildman–Crippen LogP) is 4.13. The van der Waals surface area contributed by atoms with E-state index in [9.17, 15) is 4.79 Å². The molecule has 1 N–H and O–H groups in total. The summed E-state index contributed by atoms with van der Waals surface area (Å²) < 4.78 is 5.14. The van der Waals surface area contributed by atoms with Crippen LogP contribution in [0.2, 0.25) is 0 Å². The molecule has 1 amide bonds. The summed E-state index contributed by atoms with van der Waals surface area (Å²) in [5.74, 6) is 0.596. The molecule has 0 radical (unpaired) electrons. The number of ether oxygens (including phenoxy) is 1. The second-order valence-electron chi connectivity index (χ2n) is 8.53. The first-order valence-electron chi connectivity index (χ1n) is 10.1. The number of methoxy groups -OCH3 is 1. The van der Waals surface area contributed by atoms with Gasteiger partial charge < -0.3 is 10.1 Å². The Balaban J connectivity index is 1.59. The molecular weight excluding hydrogens is 376 g/mol. The fraction of sp³-hybridized carbons (Fsp3) is 0.333. The van der Waals surface area contributed by atoms with Gasteiger partial charge in [-0.25, -0.2) is 9.97 Å². The molecule has 4 rings (SSSR count). The summed E-state index contributed by atoms with van der Waals surface area (Å²) in [6.07, 6.45) is 7.03. The maximum absolute atomic E-state index is 12.9. The van der Waals surface area contributed by atoms with E-state index in [1.165, 1.54) is 0 Å². The molecule has 2 heterocycles. The number of amides is 1. The first-order valence-corrected chi connectivity index (χ1v) is 10.1. The lowest BCUT2D eigenvalue weighted by molar-refractivity contribution is 0.0919. The van der Waals surface area contributed by atoms with E-state index in [0.29, 0.717) is 18.0 Å². The van der Waals surface area contributed by atoms with Crippen molar-refractivity contribution in [2.75, 3.05) is 7.11 Å². The van der Waals surface area contributed by atoms with Crippen LogP contribution in [0.5, 0.6) is 0 Å². The predicted molar refractivity (Wildman–Crippen MR) is 115 cm³/mol. The number of rotatable bonds is 5. The number of hydrogen-bond acceptors (Lipinski definition) is 5. The van der Waals surface area contributed by atoms with Crippen LogP contribution < -0.4 is 5.32 Å². The fourth-order valence-electron chi connectivity index (χ4n) is 3.98. The lowest BCUT2D eigenvalue weighted by atomic mass is 9.74. The van der Waals surface area contributed by atoms with Crippen LogP contribution in [0.1, 0.15) is 53.5 Å². The summed E-state index contributed by atoms with van der Waals surface area (Å²) in [6.45, 7) is 4.95. The van der Waals surface area contributed by atoms with Gasteiger partial charge in [-0.15, -0.1) is 0 Å². The summed E-state index contributed by atoms with van der Waals surface area (Å²) >= 11 is 0. The van der Waals surface area contributed by atoms with Gasteiger partial charge in [-0.1, -0.05) is 26.0 Å². The minimum absolute atomic E-state index is 0.0249. The quantitative estimate of drug-likeness (QED) is 0.694. The zero-order valence-electron chi connectivity index (χ0n) is 17.6. The summed E-state index contributed by atoms with van der Waals surface area (Å²) in [5, 5.41) is 3.20. The average Bonchev–Trinajstić information content (AvgIpc) is 2.74. The number of fused-ring (bicyclic) bond motifs is 1. The third kappa shape index (κ3) is 4.39. The van der Waals surface area contributed by atoms with Crippen molar-refractivity contribution in [2.45, 2.75) is 39.3 Å². The lowest BCUT2D eigenvalue weighted by Gasteiger charge is -2.36. The van der Waals surface area contributed by atoms with E-state index >= 15 is 0 Å². The highest BCUT2D eigenvalue weighted by atomic mass is 16.5. The SMILES string of the molecule is COCc1ccc(C(=O)N[C@@H]2CC(C)(C)Cc3nc(-c4ccncc4)ncc32)cc1. The molecule has 0 bridgehead atoms. The van der Waals surface area contributed by atoms with Crippen LogP contribution in [0, 0.1) is 5.41 Å². The van der Waals surface area contributed by atoms with Crippen molar-refractivity contribution in [3.8, 4) is 11.4 Å². The van der Waals surface area contributed by atoms with E-state index in [4.69, 9.17) is 9.72 Å². The van der Waals surface area contributed by atoms with Gasteiger partial charge in [-0.05, 0) is 48.1 Å². The van der Waals surface area contributed by atoms with Crippen LogP contribution in [-0.2, 0) is 17.8 Å². The second-order valence-corrected chi connectivity index (χ2v) is 8.53. The highest BCUT2D eigenvalue weighted by Gasteiger charge is 2.34. The third-order valence-corrected chi connectivity index (χ3v) is 5.45. The largest absolute Gasteiger partial charge is 0.380 e. The number of nitrogens with one attached hydrogen (secondary N) is 1. The Labute approximate surface area is 176 Å². The standard InChI is InChI=1S/C24H26N4O2/c1-24(2)12-20-19(14-26-22(27-20)17-8-10-25-11-9-17)21(13-24)28-23(29)18-6-4-16(5-7-18)15-30-3/h4-11,14,21H,12-13,15H2,1-3H3,(H,28,29)/t21-/m1/s1. The van der Waals surface area contributed by atoms with Gasteiger partial charge in [0.1, 0.15) is 0 Å². The van der Waals surface area contributed by atoms with Crippen molar-refractivity contribution in [1.82, 2.24) is 20.3 Å². The molecule has 0 spiro atoms. The van der Waals surface area contributed by atoms with Gasteiger partial charge in [0.2, 0.25) is 0 Å². The van der Waals surface area contributed by atoms with Gasteiger partial charge in [-0.3, -0.25) is 9.78 Å². The molecule has 0 fully saturated rings. The lowest BCUT2D eigenvalue weighted by Crippen LogP contribution is -2.37. The molecule has 1 aliphatic carbocycles. The molecule has 0 saturated carbocycles. The number of hydrogen-bond donors (Lipinski definition) is 1. The molecule has 0 saturated heterocycles. The van der Waals surface area contributed by atoms with Crippen molar-refractivity contribution in [2.24, 2.45) is 5.41 Å². The van der Waals surface area contributed by atoms with E-state index in [1.54, 1.807) is 19.5 Å². The molecule has 3 aromatic rings. The summed E-state index contributed by atoms with van der Waals surface area (Å²) in [4.78, 5) is 26.4. The summed E-state index contributed by atoms with van der Waals surface area (Å²) in [5.41, 5.74) is 4.62. The van der Waals surface area contributed by atoms with Crippen molar-refractivity contribution < 1.29 is 9.53 Å². The van der Waals surface area contributed by atoms with Gasteiger partial charge in [-0.2, -0.15) is 0 Å². The van der Waals surface area contributed by atoms with E-state index < -0.39 is 0 Å². The van der Waals surface area contributed by atoms with Gasteiger partial charge in [0.05, 0.1) is 18.3 Å². The molecule has 0 aliphatic heterocycles. The summed E-state index contributed by atoms with van der Waals surface area (Å²) in [7, 11) is 1.66. The molecule has 1 aromatic carbocycles. The first-order chi connectivity index (χ1) is 14.4. The highest BCUT2D eigenvalue weighted by Crippen LogP contribution is 2.40. The fourth-order valence-corrected chi connectivity index (χ4v) is 3.98. The number of nitrogens with zero attached hydrogens (tertiary/aromatic N) is 3. The number of aromatic nitrogens is 3. The minimum atomic E-state index is -0.124. The zero-order valence-corrected chi connectivity index (χ0v) is 17.6. The van der Waals surface area contributed by atoms with Gasteiger partial charge in [0.25, 0.3) is 5.91 Å². The van der Waals surface area contributed by atoms with Gasteiger partial charge in [0, 0.05) is 42.4 Å². The van der Waals surface area contributed by atoms with Crippen LogP contribution in [0.25, 0.3) is 11.4 Å². The average molecular weight is 402 g/mol. The van der Waals surface area contributed by atoms with Crippen molar-refractivity contribution in [3.63, 3.8) is 0 Å². The molecule has 2 aromatic heterocycles. The van der Waals surface area contributed by atoms with Crippen LogP contribution in [0.15, 0.2) is 55.0 Å². The minimum Gasteiger partial charge on any atom is -0.380 e. The van der Waals surface area contributed by atoms with Gasteiger partial charge in [0.15, 0.2) is 5.82 Å². The Morgan fingerprint density at radius 1 is 1.17 bits per heavy atom. The van der Waals surface area contributed by atoms with E-state index in [1.807, 2.05) is 42.6 Å². The van der Waals surface area contributed by atoms with Crippen LogP contribution >= 0.6 is 0 Å². The maximum Gasteiger partial charge on any atom is 0.251 e. The van der Waals surface area contributed by atoms with Crippen molar-refractivity contribution in [3.05, 3.63) is 77.4 Å². The van der Waals surface area contributed by atoms with Crippen LogP contribution in [-0.4, -0.2) is 28.0 Å². The Kier molecular flexibility index (Phi) is 5.59. The molecule has 0 unspecified atom stereocenters. The Morgan fingerprint density at radius 3 is 2.60 bits per heavy atom. The first kappa shape index (κ1) is 20.2. The molecule has 6 nitrogen and oxygen atoms in total. The highest BCUT2D eigenvalue weighted by molar-refractivity contribution is 5.94. The number of benzene rings is 1. The zero-order chi connectivity index (χ0) is 21.1. The third-order valence-electron chi connectivity index (χ3n) is 5.45. The van der Waals surface area contributed by atoms with Crippen LogP contribution in [0.4, 0.5) is 0 Å². The Bertz CT molecular complexity index is 1030. The van der Waals surface area contributed by atoms with E-state index in [0.717, 1.165) is 35.2 Å². The molecule has 30 heavy (non-hydrogen) atoms. The maximum atomic E-state index is 12.9. The summed E-state index contributed by atoms with van der Waals surface area (Å²) in [6, 6.07) is 11.2. The molecule has 1 atom stereocenters. The molecule has 154 valence electrons. The topological polar surface area (TPSA) is 77.0 Å². The normalized spacial score (nSPS) is 17.2. The monoisotopic (exact) mass is 402 g/mol. The van der Waals surface area contributed by atoms with Crippen molar-refractivity contribution >= 4 is 5.91 Å². The Hall–Kier alpha value is -3.12. The van der Waals surface area contributed by atoms with E-state index in [-0.39, 0.29) is 17.4 Å². The molecule has 1 aliphatic rings.